The molecule has 10 heteroatoms. The Bertz CT molecular complexity index is 1470. The Morgan fingerprint density at radius 3 is 2.26 bits per heavy atom. The van der Waals surface area contributed by atoms with E-state index in [1.165, 1.54) is 23.5 Å². The maximum atomic E-state index is 13.5. The average Bonchev–Trinajstić information content (AvgIpc) is 3.32. The van der Waals surface area contributed by atoms with Crippen molar-refractivity contribution in [1.29, 1.82) is 0 Å². The van der Waals surface area contributed by atoms with E-state index in [1.807, 2.05) is 24.3 Å². The molecule has 4 rings (SSSR count). The van der Waals surface area contributed by atoms with Crippen molar-refractivity contribution in [1.82, 2.24) is 4.98 Å². The molecule has 0 aliphatic heterocycles. The molecule has 0 saturated carbocycles. The number of carbonyl (C=O) groups excluding carboxylic acids is 1. The average molecular weight is 555 g/mol. The zero-order valence-corrected chi connectivity index (χ0v) is 22.8. The number of hydrogen-bond acceptors (Lipinski definition) is 8. The van der Waals surface area contributed by atoms with Crippen LogP contribution in [0.15, 0.2) is 65.6 Å². The minimum atomic E-state index is -3.39. The van der Waals surface area contributed by atoms with Crippen LogP contribution in [-0.2, 0) is 34.3 Å². The van der Waals surface area contributed by atoms with Crippen molar-refractivity contribution in [3.05, 3.63) is 82.9 Å². The van der Waals surface area contributed by atoms with Crippen LogP contribution in [0.25, 0.3) is 10.2 Å². The maximum absolute atomic E-state index is 13.5. The number of aromatic nitrogens is 1. The summed E-state index contributed by atoms with van der Waals surface area (Å²) in [5, 5.41) is 22.3. The third-order valence-electron chi connectivity index (χ3n) is 6.16. The molecule has 1 unspecified atom stereocenters. The number of aliphatic hydroxyl groups is 2. The molecule has 3 N–H and O–H groups in total. The van der Waals surface area contributed by atoms with E-state index in [0.717, 1.165) is 23.1 Å². The SMILES string of the molecule is CCCc1ccc(OC(C(=O)Nc2nc3cc(CO)c(CO)cc3s2)c2ccc(S(=O)(=O)CC)cc2)cc1. The Morgan fingerprint density at radius 1 is 1.00 bits per heavy atom. The van der Waals surface area contributed by atoms with Crippen LogP contribution in [-0.4, -0.2) is 35.3 Å². The normalized spacial score (nSPS) is 12.4. The van der Waals surface area contributed by atoms with Crippen molar-refractivity contribution < 1.29 is 28.2 Å². The molecule has 200 valence electrons. The number of fused-ring (bicyclic) bond motifs is 1. The predicted molar refractivity (Wildman–Crippen MR) is 148 cm³/mol. The molecule has 38 heavy (non-hydrogen) atoms. The van der Waals surface area contributed by atoms with Crippen LogP contribution in [0.4, 0.5) is 5.13 Å². The summed E-state index contributed by atoms with van der Waals surface area (Å²) in [6, 6.07) is 17.1. The van der Waals surface area contributed by atoms with Gasteiger partial charge in [-0.2, -0.15) is 0 Å². The van der Waals surface area contributed by atoms with Gasteiger partial charge in [0.15, 0.2) is 15.0 Å². The third kappa shape index (κ3) is 6.21. The number of aliphatic hydroxyl groups excluding tert-OH is 2. The molecule has 1 amide bonds. The summed E-state index contributed by atoms with van der Waals surface area (Å²) in [6.45, 7) is 3.23. The van der Waals surface area contributed by atoms with Gasteiger partial charge >= 0.3 is 0 Å². The number of ether oxygens (including phenoxy) is 1. The molecular formula is C28H30N2O6S2. The van der Waals surface area contributed by atoms with Gasteiger partial charge in [-0.1, -0.05) is 55.9 Å². The summed E-state index contributed by atoms with van der Waals surface area (Å²) in [4.78, 5) is 18.1. The molecule has 0 spiro atoms. The fourth-order valence-electron chi connectivity index (χ4n) is 4.03. The Balaban J connectivity index is 1.64. The van der Waals surface area contributed by atoms with E-state index in [9.17, 15) is 23.4 Å². The second kappa shape index (κ2) is 12.0. The predicted octanol–water partition coefficient (Wildman–Crippen LogP) is 4.79. The fourth-order valence-corrected chi connectivity index (χ4v) is 5.83. The molecule has 1 heterocycles. The molecule has 1 aromatic heterocycles. The van der Waals surface area contributed by atoms with Gasteiger partial charge in [-0.25, -0.2) is 13.4 Å². The second-order valence-electron chi connectivity index (χ2n) is 8.78. The van der Waals surface area contributed by atoms with E-state index in [2.05, 4.69) is 17.2 Å². The number of sulfone groups is 1. The Morgan fingerprint density at radius 2 is 1.66 bits per heavy atom. The first-order valence-electron chi connectivity index (χ1n) is 12.3. The van der Waals surface area contributed by atoms with E-state index in [1.54, 1.807) is 31.2 Å². The van der Waals surface area contributed by atoms with Crippen molar-refractivity contribution in [2.45, 2.75) is 50.9 Å². The van der Waals surface area contributed by atoms with Gasteiger partial charge in [0.1, 0.15) is 5.75 Å². The molecule has 0 saturated heterocycles. The number of rotatable bonds is 11. The number of benzene rings is 3. The molecule has 0 aliphatic rings. The summed E-state index contributed by atoms with van der Waals surface area (Å²) in [7, 11) is -3.39. The summed E-state index contributed by atoms with van der Waals surface area (Å²) >= 11 is 1.24. The maximum Gasteiger partial charge on any atom is 0.271 e. The van der Waals surface area contributed by atoms with Gasteiger partial charge in [0.25, 0.3) is 5.91 Å². The van der Waals surface area contributed by atoms with Crippen LogP contribution in [0, 0.1) is 0 Å². The Kier molecular flexibility index (Phi) is 8.78. The highest BCUT2D eigenvalue weighted by atomic mass is 32.2. The fraction of sp³-hybridized carbons (Fsp3) is 0.286. The molecule has 3 aromatic carbocycles. The van der Waals surface area contributed by atoms with Crippen LogP contribution in [0.5, 0.6) is 5.75 Å². The highest BCUT2D eigenvalue weighted by molar-refractivity contribution is 7.91. The summed E-state index contributed by atoms with van der Waals surface area (Å²) in [6.07, 6.45) is 0.879. The van der Waals surface area contributed by atoms with Gasteiger partial charge < -0.3 is 14.9 Å². The largest absolute Gasteiger partial charge is 0.476 e. The monoisotopic (exact) mass is 554 g/mol. The van der Waals surface area contributed by atoms with Crippen molar-refractivity contribution in [3.63, 3.8) is 0 Å². The van der Waals surface area contributed by atoms with Gasteiger partial charge in [0.05, 0.1) is 34.1 Å². The van der Waals surface area contributed by atoms with Crippen molar-refractivity contribution >= 4 is 42.4 Å². The lowest BCUT2D eigenvalue weighted by atomic mass is 10.1. The molecule has 0 fully saturated rings. The Labute approximate surface area is 225 Å². The lowest BCUT2D eigenvalue weighted by Gasteiger charge is -2.19. The zero-order valence-electron chi connectivity index (χ0n) is 21.2. The minimum absolute atomic E-state index is 0.0233. The number of aryl methyl sites for hydroxylation is 1. The van der Waals surface area contributed by atoms with Crippen LogP contribution in [0.2, 0.25) is 0 Å². The van der Waals surface area contributed by atoms with Crippen LogP contribution in [0.1, 0.15) is 48.6 Å². The number of thiazole rings is 1. The lowest BCUT2D eigenvalue weighted by molar-refractivity contribution is -0.123. The number of nitrogens with one attached hydrogen (secondary N) is 1. The Hall–Kier alpha value is -3.31. The lowest BCUT2D eigenvalue weighted by Crippen LogP contribution is -2.25. The molecule has 0 aliphatic carbocycles. The van der Waals surface area contributed by atoms with E-state index in [0.29, 0.717) is 33.1 Å². The van der Waals surface area contributed by atoms with E-state index >= 15 is 0 Å². The van der Waals surface area contributed by atoms with Gasteiger partial charge in [-0.15, -0.1) is 0 Å². The first kappa shape index (κ1) is 27.7. The van der Waals surface area contributed by atoms with Crippen molar-refractivity contribution in [2.75, 3.05) is 11.1 Å². The van der Waals surface area contributed by atoms with Gasteiger partial charge in [-0.3, -0.25) is 10.1 Å². The zero-order chi connectivity index (χ0) is 27.3. The van der Waals surface area contributed by atoms with Crippen LogP contribution in [0.3, 0.4) is 0 Å². The smallest absolute Gasteiger partial charge is 0.271 e. The quantitative estimate of drug-likeness (QED) is 0.243. The number of nitrogens with zero attached hydrogens (tertiary/aromatic N) is 1. The van der Waals surface area contributed by atoms with Gasteiger partial charge in [0.2, 0.25) is 6.10 Å². The van der Waals surface area contributed by atoms with E-state index in [-0.39, 0.29) is 23.9 Å². The molecule has 1 atom stereocenters. The number of hydrogen-bond donors (Lipinski definition) is 3. The van der Waals surface area contributed by atoms with Crippen molar-refractivity contribution in [2.24, 2.45) is 0 Å². The number of anilines is 1. The first-order valence-corrected chi connectivity index (χ1v) is 14.8. The number of amides is 1. The topological polar surface area (TPSA) is 126 Å². The minimum Gasteiger partial charge on any atom is -0.476 e. The van der Waals surface area contributed by atoms with Gasteiger partial charge in [0, 0.05) is 5.56 Å². The summed E-state index contributed by atoms with van der Waals surface area (Å²) in [5.74, 6) is 0.00192. The van der Waals surface area contributed by atoms with Crippen molar-refractivity contribution in [3.8, 4) is 5.75 Å². The summed E-state index contributed by atoms with van der Waals surface area (Å²) in [5.41, 5.74) is 3.40. The first-order chi connectivity index (χ1) is 18.3. The van der Waals surface area contributed by atoms with E-state index < -0.39 is 21.8 Å². The molecule has 4 aromatic rings. The molecule has 0 radical (unpaired) electrons. The summed E-state index contributed by atoms with van der Waals surface area (Å²) < 4.78 is 31.4. The highest BCUT2D eigenvalue weighted by Crippen LogP contribution is 2.31. The van der Waals surface area contributed by atoms with E-state index in [4.69, 9.17) is 4.74 Å². The molecular weight excluding hydrogens is 524 g/mol. The number of carbonyl (C=O) groups is 1. The standard InChI is InChI=1S/C28H30N2O6S2/c1-3-5-18-6-10-22(11-7-18)36-26(19-8-12-23(13-9-19)38(34,35)4-2)27(33)30-28-29-24-14-20(16-31)21(17-32)15-25(24)37-28/h6-15,26,31-32H,3-5,16-17H2,1-2H3,(H,29,30,33). The van der Waals surface area contributed by atoms with Crippen LogP contribution < -0.4 is 10.1 Å². The second-order valence-corrected chi connectivity index (χ2v) is 12.1. The molecule has 8 nitrogen and oxygen atoms in total. The van der Waals surface area contributed by atoms with Gasteiger partial charge in [-0.05, 0) is 59.5 Å². The molecule has 0 bridgehead atoms. The van der Waals surface area contributed by atoms with Crippen LogP contribution >= 0.6 is 11.3 Å². The highest BCUT2D eigenvalue weighted by Gasteiger charge is 2.25. The third-order valence-corrected chi connectivity index (χ3v) is 8.84.